The van der Waals surface area contributed by atoms with Crippen LogP contribution in [0.2, 0.25) is 0 Å². The Hall–Kier alpha value is -2.33. The smallest absolute Gasteiger partial charge is 0.124 e. The van der Waals surface area contributed by atoms with Gasteiger partial charge in [0.05, 0.1) is 12.6 Å². The maximum Gasteiger partial charge on any atom is 0.124 e. The van der Waals surface area contributed by atoms with Crippen molar-refractivity contribution in [2.75, 3.05) is 12.4 Å². The fraction of sp³-hybridized carbons (Fsp3) is 0.263. The van der Waals surface area contributed by atoms with Gasteiger partial charge in [-0.2, -0.15) is 0 Å². The van der Waals surface area contributed by atoms with Crippen LogP contribution in [-0.4, -0.2) is 41.1 Å². The summed E-state index contributed by atoms with van der Waals surface area (Å²) in [6.45, 7) is 0.495. The third kappa shape index (κ3) is 5.70. The average molecular weight is 345 g/mol. The van der Waals surface area contributed by atoms with Crippen molar-refractivity contribution in [2.24, 2.45) is 9.98 Å². The van der Waals surface area contributed by atoms with Gasteiger partial charge in [-0.1, -0.05) is 24.3 Å². The number of hydrogen-bond acceptors (Lipinski definition) is 4. The van der Waals surface area contributed by atoms with Crippen LogP contribution in [0.25, 0.3) is 0 Å². The van der Waals surface area contributed by atoms with Crippen LogP contribution in [0.4, 0.5) is 0 Å². The number of alkyl halides is 1. The van der Waals surface area contributed by atoms with Crippen molar-refractivity contribution in [3.63, 3.8) is 0 Å². The zero-order valence-corrected chi connectivity index (χ0v) is 14.1. The number of halogens is 1. The Balaban J connectivity index is 2.03. The predicted molar refractivity (Wildman–Crippen MR) is 100 cm³/mol. The zero-order chi connectivity index (χ0) is 17.2. The molecular formula is C19H21ClN2O2. The molecule has 0 spiro atoms. The third-order valence-corrected chi connectivity index (χ3v) is 3.78. The number of hydrogen-bond donors (Lipinski definition) is 2. The first-order valence-electron chi connectivity index (χ1n) is 7.85. The highest BCUT2D eigenvalue weighted by molar-refractivity contribution is 6.17. The molecule has 0 aliphatic heterocycles. The first-order chi connectivity index (χ1) is 11.7. The van der Waals surface area contributed by atoms with Gasteiger partial charge in [0.1, 0.15) is 11.5 Å². The predicted octanol–water partition coefficient (Wildman–Crippen LogP) is 4.02. The molecule has 4 nitrogen and oxygen atoms in total. The number of rotatable bonds is 8. The van der Waals surface area contributed by atoms with E-state index in [1.54, 1.807) is 42.8 Å². The first kappa shape index (κ1) is 18.0. The minimum atomic E-state index is -0.0227. The van der Waals surface area contributed by atoms with Gasteiger partial charge < -0.3 is 10.2 Å². The van der Waals surface area contributed by atoms with E-state index in [1.165, 1.54) is 0 Å². The highest BCUT2D eigenvalue weighted by Gasteiger charge is 2.06. The molecule has 2 rings (SSSR count). The topological polar surface area (TPSA) is 65.2 Å². The van der Waals surface area contributed by atoms with Gasteiger partial charge >= 0.3 is 0 Å². The van der Waals surface area contributed by atoms with Crippen LogP contribution in [0, 0.1) is 0 Å². The Morgan fingerprint density at radius 3 is 2.08 bits per heavy atom. The van der Waals surface area contributed by atoms with Crippen LogP contribution in [-0.2, 0) is 0 Å². The summed E-state index contributed by atoms with van der Waals surface area (Å²) in [5, 5.41) is 19.5. The Kier molecular flexibility index (Phi) is 7.30. The normalized spacial score (nSPS) is 12.9. The quantitative estimate of drug-likeness (QED) is 0.561. The van der Waals surface area contributed by atoms with Gasteiger partial charge in [0.2, 0.25) is 0 Å². The molecule has 2 N–H and O–H groups in total. The molecule has 0 aliphatic carbocycles. The summed E-state index contributed by atoms with van der Waals surface area (Å²) in [5.74, 6) is 0.984. The fourth-order valence-electron chi connectivity index (χ4n) is 2.18. The maximum atomic E-state index is 9.79. The summed E-state index contributed by atoms with van der Waals surface area (Å²) in [7, 11) is 0. The first-order valence-corrected chi connectivity index (χ1v) is 8.39. The summed E-state index contributed by atoms with van der Waals surface area (Å²) in [5.41, 5.74) is 1.36. The lowest BCUT2D eigenvalue weighted by Crippen LogP contribution is -2.10. The van der Waals surface area contributed by atoms with Gasteiger partial charge in [0, 0.05) is 29.4 Å². The number of aromatic hydroxyl groups is 2. The molecule has 1 unspecified atom stereocenters. The maximum absolute atomic E-state index is 9.79. The molecule has 5 heteroatoms. The second-order valence-electron chi connectivity index (χ2n) is 5.38. The Labute approximate surface area is 147 Å². The van der Waals surface area contributed by atoms with E-state index in [-0.39, 0.29) is 17.5 Å². The molecule has 0 bridgehead atoms. The summed E-state index contributed by atoms with van der Waals surface area (Å²) < 4.78 is 0. The van der Waals surface area contributed by atoms with E-state index in [0.29, 0.717) is 23.6 Å². The van der Waals surface area contributed by atoms with Crippen molar-refractivity contribution in [1.82, 2.24) is 0 Å². The third-order valence-electron chi connectivity index (χ3n) is 3.52. The minimum absolute atomic E-state index is 0.0227. The number of phenols is 2. The van der Waals surface area contributed by atoms with E-state index in [0.717, 1.165) is 12.8 Å². The van der Waals surface area contributed by atoms with E-state index in [9.17, 15) is 10.2 Å². The van der Waals surface area contributed by atoms with Crippen LogP contribution in [0.5, 0.6) is 11.5 Å². The number of nitrogens with zero attached hydrogens (tertiary/aromatic N) is 2. The molecule has 0 heterocycles. The fourth-order valence-corrected chi connectivity index (χ4v) is 2.33. The van der Waals surface area contributed by atoms with Gasteiger partial charge in [-0.15, -0.1) is 11.6 Å². The summed E-state index contributed by atoms with van der Waals surface area (Å²) in [6, 6.07) is 14.1. The highest BCUT2D eigenvalue weighted by atomic mass is 35.5. The molecule has 0 saturated carbocycles. The Morgan fingerprint density at radius 2 is 1.50 bits per heavy atom. The molecule has 0 amide bonds. The van der Waals surface area contributed by atoms with Gasteiger partial charge in [0.25, 0.3) is 0 Å². The number of aliphatic imine (C=N–C) groups is 2. The lowest BCUT2D eigenvalue weighted by Gasteiger charge is -2.09. The van der Waals surface area contributed by atoms with Crippen molar-refractivity contribution in [2.45, 2.75) is 18.9 Å². The monoisotopic (exact) mass is 344 g/mol. The number of para-hydroxylation sites is 2. The zero-order valence-electron chi connectivity index (χ0n) is 13.3. The van der Waals surface area contributed by atoms with Crippen LogP contribution >= 0.6 is 11.6 Å². The summed E-state index contributed by atoms with van der Waals surface area (Å²) >= 11 is 5.78. The van der Waals surface area contributed by atoms with Crippen LogP contribution in [0.3, 0.4) is 0 Å². The van der Waals surface area contributed by atoms with Gasteiger partial charge in [-0.05, 0) is 37.1 Å². The van der Waals surface area contributed by atoms with Crippen molar-refractivity contribution < 1.29 is 10.2 Å². The summed E-state index contributed by atoms with van der Waals surface area (Å²) in [4.78, 5) is 8.91. The Bertz CT molecular complexity index is 701. The second kappa shape index (κ2) is 9.73. The molecule has 24 heavy (non-hydrogen) atoms. The van der Waals surface area contributed by atoms with E-state index < -0.39 is 0 Å². The van der Waals surface area contributed by atoms with E-state index in [4.69, 9.17) is 11.6 Å². The molecule has 0 fully saturated rings. The van der Waals surface area contributed by atoms with Crippen LogP contribution in [0.15, 0.2) is 58.5 Å². The Morgan fingerprint density at radius 1 is 0.917 bits per heavy atom. The lowest BCUT2D eigenvalue weighted by atomic mass is 10.1. The molecule has 126 valence electrons. The second-order valence-corrected chi connectivity index (χ2v) is 5.75. The van der Waals surface area contributed by atoms with Crippen LogP contribution < -0.4 is 0 Å². The van der Waals surface area contributed by atoms with E-state index >= 15 is 0 Å². The molecule has 0 aromatic heterocycles. The largest absolute Gasteiger partial charge is 0.507 e. The van der Waals surface area contributed by atoms with E-state index in [1.807, 2.05) is 18.2 Å². The molecule has 2 aromatic rings. The molecule has 0 saturated heterocycles. The number of phenolic OH excluding ortho intramolecular Hbond substituents is 2. The molecular weight excluding hydrogens is 324 g/mol. The molecule has 0 radical (unpaired) electrons. The van der Waals surface area contributed by atoms with Gasteiger partial charge in [-0.25, -0.2) is 0 Å². The standard InChI is InChI=1S/C19H21ClN2O2/c20-11-5-8-17(22-13-16-7-2-4-10-19(16)24)14-21-12-15-6-1-3-9-18(15)23/h1-4,6-7,9-10,12-13,17,23-24H,5,8,11,14H2. The van der Waals surface area contributed by atoms with Crippen LogP contribution in [0.1, 0.15) is 24.0 Å². The van der Waals surface area contributed by atoms with Crippen molar-refractivity contribution in [1.29, 1.82) is 0 Å². The van der Waals surface area contributed by atoms with Crippen molar-refractivity contribution in [3.05, 3.63) is 59.7 Å². The SMILES string of the molecule is Oc1ccccc1C=NCC(CCCCl)N=Cc1ccccc1O. The molecule has 0 aliphatic rings. The lowest BCUT2D eigenvalue weighted by molar-refractivity contribution is 0.473. The van der Waals surface area contributed by atoms with Crippen molar-refractivity contribution >= 4 is 24.0 Å². The number of benzene rings is 2. The minimum Gasteiger partial charge on any atom is -0.507 e. The average Bonchev–Trinajstić information content (AvgIpc) is 2.59. The van der Waals surface area contributed by atoms with Crippen molar-refractivity contribution in [3.8, 4) is 11.5 Å². The highest BCUT2D eigenvalue weighted by Crippen LogP contribution is 2.15. The molecule has 1 atom stereocenters. The molecule has 2 aromatic carbocycles. The van der Waals surface area contributed by atoms with E-state index in [2.05, 4.69) is 9.98 Å². The summed E-state index contributed by atoms with van der Waals surface area (Å²) in [6.07, 6.45) is 4.98. The van der Waals surface area contributed by atoms with Gasteiger partial charge in [-0.3, -0.25) is 9.98 Å². The van der Waals surface area contributed by atoms with Gasteiger partial charge in [0.15, 0.2) is 0 Å².